The van der Waals surface area contributed by atoms with Crippen molar-refractivity contribution in [1.29, 1.82) is 0 Å². The Morgan fingerprint density at radius 3 is 2.64 bits per heavy atom. The third-order valence-electron chi connectivity index (χ3n) is 4.21. The Morgan fingerprint density at radius 2 is 1.92 bits per heavy atom. The molecule has 1 amide bonds. The second-order valence-electron chi connectivity index (χ2n) is 6.36. The summed E-state index contributed by atoms with van der Waals surface area (Å²) in [4.78, 5) is 12.7. The third kappa shape index (κ3) is 3.99. The van der Waals surface area contributed by atoms with E-state index in [1.165, 1.54) is 0 Å². The van der Waals surface area contributed by atoms with Crippen LogP contribution in [-0.4, -0.2) is 27.0 Å². The zero-order chi connectivity index (χ0) is 17.8. The molecule has 1 unspecified atom stereocenters. The number of nitrogens with zero attached hydrogens (tertiary/aromatic N) is 3. The summed E-state index contributed by atoms with van der Waals surface area (Å²) in [7, 11) is 0. The largest absolute Gasteiger partial charge is 0.355 e. The summed E-state index contributed by atoms with van der Waals surface area (Å²) in [6.45, 7) is 4.61. The highest BCUT2D eigenvalue weighted by atomic mass is 35.5. The lowest BCUT2D eigenvalue weighted by molar-refractivity contribution is -0.123. The zero-order valence-electron chi connectivity index (χ0n) is 14.3. The minimum Gasteiger partial charge on any atom is -0.355 e. The molecule has 0 spiro atoms. The molecule has 25 heavy (non-hydrogen) atoms. The van der Waals surface area contributed by atoms with E-state index in [1.54, 1.807) is 0 Å². The van der Waals surface area contributed by atoms with Crippen molar-refractivity contribution in [2.45, 2.75) is 26.2 Å². The van der Waals surface area contributed by atoms with Crippen LogP contribution < -0.4 is 5.32 Å². The highest BCUT2D eigenvalue weighted by molar-refractivity contribution is 6.30. The van der Waals surface area contributed by atoms with E-state index < -0.39 is 0 Å². The van der Waals surface area contributed by atoms with Crippen molar-refractivity contribution >= 4 is 23.2 Å². The van der Waals surface area contributed by atoms with Gasteiger partial charge < -0.3 is 5.32 Å². The molecule has 0 aliphatic carbocycles. The lowest BCUT2D eigenvalue weighted by Gasteiger charge is -2.20. The molecular formula is C19H21ClN4O. The molecule has 0 bridgehead atoms. The van der Waals surface area contributed by atoms with E-state index in [2.05, 4.69) is 15.5 Å². The van der Waals surface area contributed by atoms with Gasteiger partial charge >= 0.3 is 0 Å². The average molecular weight is 357 g/mol. The van der Waals surface area contributed by atoms with Gasteiger partial charge in [0.1, 0.15) is 5.82 Å². The van der Waals surface area contributed by atoms with Crippen LogP contribution in [-0.2, 0) is 11.2 Å². The summed E-state index contributed by atoms with van der Waals surface area (Å²) >= 11 is 5.95. The average Bonchev–Trinajstić information content (AvgIpc) is 3.00. The van der Waals surface area contributed by atoms with Crippen molar-refractivity contribution in [2.24, 2.45) is 5.92 Å². The topological polar surface area (TPSA) is 59.3 Å². The zero-order valence-corrected chi connectivity index (χ0v) is 15.1. The molecule has 2 heterocycles. The number of aromatic nitrogens is 3. The van der Waals surface area contributed by atoms with Gasteiger partial charge in [-0.15, -0.1) is 10.2 Å². The number of halogens is 1. The summed E-state index contributed by atoms with van der Waals surface area (Å²) in [6.07, 6.45) is 2.56. The molecule has 1 atom stereocenters. The monoisotopic (exact) mass is 356 g/mol. The molecule has 3 rings (SSSR count). The fourth-order valence-corrected chi connectivity index (χ4v) is 3.10. The summed E-state index contributed by atoms with van der Waals surface area (Å²) in [5.41, 5.74) is 1.79. The van der Waals surface area contributed by atoms with Crippen LogP contribution >= 0.6 is 11.6 Å². The standard InChI is InChI=1S/C19H21ClN4O/c1-13(2)18(14-6-8-15(20)9-7-14)19(25)21-11-10-17-23-22-16-5-3-4-12-24(16)17/h3-9,12-13,18H,10-11H2,1-2H3,(H,21,25). The minimum absolute atomic E-state index is 0.0196. The second-order valence-corrected chi connectivity index (χ2v) is 6.80. The lowest BCUT2D eigenvalue weighted by atomic mass is 9.87. The maximum Gasteiger partial charge on any atom is 0.227 e. The molecule has 6 heteroatoms. The number of benzene rings is 1. The molecular weight excluding hydrogens is 336 g/mol. The van der Waals surface area contributed by atoms with Crippen LogP contribution in [0.5, 0.6) is 0 Å². The quantitative estimate of drug-likeness (QED) is 0.735. The fourth-order valence-electron chi connectivity index (χ4n) is 2.98. The first-order valence-electron chi connectivity index (χ1n) is 8.38. The Balaban J connectivity index is 1.65. The van der Waals surface area contributed by atoms with Gasteiger partial charge in [-0.2, -0.15) is 0 Å². The number of amides is 1. The van der Waals surface area contributed by atoms with Crippen molar-refractivity contribution < 1.29 is 4.79 Å². The molecule has 0 saturated carbocycles. The molecule has 5 nitrogen and oxygen atoms in total. The number of carbonyl (C=O) groups is 1. The lowest BCUT2D eigenvalue weighted by Crippen LogP contribution is -2.33. The van der Waals surface area contributed by atoms with Gasteiger partial charge in [-0.3, -0.25) is 9.20 Å². The maximum absolute atomic E-state index is 12.7. The molecule has 0 radical (unpaired) electrons. The van der Waals surface area contributed by atoms with Crippen LogP contribution in [0, 0.1) is 5.92 Å². The second kappa shape index (κ2) is 7.66. The Labute approximate surface area is 152 Å². The molecule has 1 N–H and O–H groups in total. The fraction of sp³-hybridized carbons (Fsp3) is 0.316. The van der Waals surface area contributed by atoms with E-state index in [9.17, 15) is 4.79 Å². The molecule has 3 aromatic rings. The number of pyridine rings is 1. The summed E-state index contributed by atoms with van der Waals surface area (Å²) in [5, 5.41) is 12.0. The van der Waals surface area contributed by atoms with Gasteiger partial charge in [-0.25, -0.2) is 0 Å². The summed E-state index contributed by atoms with van der Waals surface area (Å²) in [6, 6.07) is 13.2. The van der Waals surface area contributed by atoms with Crippen LogP contribution in [0.25, 0.3) is 5.65 Å². The highest BCUT2D eigenvalue weighted by Gasteiger charge is 2.23. The van der Waals surface area contributed by atoms with Gasteiger partial charge in [-0.1, -0.05) is 43.6 Å². The number of hydrogen-bond acceptors (Lipinski definition) is 3. The number of nitrogens with one attached hydrogen (secondary N) is 1. The van der Waals surface area contributed by atoms with Gasteiger partial charge in [0.2, 0.25) is 5.91 Å². The Bertz CT molecular complexity index is 857. The van der Waals surface area contributed by atoms with Crippen molar-refractivity contribution in [3.63, 3.8) is 0 Å². The van der Waals surface area contributed by atoms with Crippen LogP contribution in [0.2, 0.25) is 5.02 Å². The normalized spacial score (nSPS) is 12.5. The summed E-state index contributed by atoms with van der Waals surface area (Å²) < 4.78 is 1.94. The molecule has 0 aliphatic heterocycles. The van der Waals surface area contributed by atoms with E-state index in [-0.39, 0.29) is 17.7 Å². The molecule has 1 aromatic carbocycles. The van der Waals surface area contributed by atoms with Gasteiger partial charge in [0.15, 0.2) is 5.65 Å². The van der Waals surface area contributed by atoms with Crippen LogP contribution in [0.15, 0.2) is 48.7 Å². The summed E-state index contributed by atoms with van der Waals surface area (Å²) in [5.74, 6) is 0.845. The van der Waals surface area contributed by atoms with Gasteiger partial charge in [-0.05, 0) is 35.7 Å². The van der Waals surface area contributed by atoms with Crippen molar-refractivity contribution in [2.75, 3.05) is 6.54 Å². The SMILES string of the molecule is CC(C)C(C(=O)NCCc1nnc2ccccn12)c1ccc(Cl)cc1. The molecule has 2 aromatic heterocycles. The third-order valence-corrected chi connectivity index (χ3v) is 4.46. The van der Waals surface area contributed by atoms with Crippen LogP contribution in [0.4, 0.5) is 0 Å². The molecule has 0 aliphatic rings. The number of rotatable bonds is 6. The number of hydrogen-bond donors (Lipinski definition) is 1. The van der Waals surface area contributed by atoms with Crippen LogP contribution in [0.1, 0.15) is 31.2 Å². The van der Waals surface area contributed by atoms with Crippen molar-refractivity contribution in [1.82, 2.24) is 19.9 Å². The first-order valence-corrected chi connectivity index (χ1v) is 8.76. The van der Waals surface area contributed by atoms with E-state index in [0.717, 1.165) is 17.0 Å². The Hall–Kier alpha value is -2.40. The highest BCUT2D eigenvalue weighted by Crippen LogP contribution is 2.25. The van der Waals surface area contributed by atoms with E-state index in [0.29, 0.717) is 18.0 Å². The predicted octanol–water partition coefficient (Wildman–Crippen LogP) is 3.48. The molecule has 0 saturated heterocycles. The Kier molecular flexibility index (Phi) is 5.34. The van der Waals surface area contributed by atoms with E-state index in [1.807, 2.05) is 66.9 Å². The van der Waals surface area contributed by atoms with Gasteiger partial charge in [0.25, 0.3) is 0 Å². The van der Waals surface area contributed by atoms with E-state index >= 15 is 0 Å². The molecule has 130 valence electrons. The maximum atomic E-state index is 12.7. The van der Waals surface area contributed by atoms with Gasteiger partial charge in [0.05, 0.1) is 5.92 Å². The van der Waals surface area contributed by atoms with E-state index in [4.69, 9.17) is 11.6 Å². The number of fused-ring (bicyclic) bond motifs is 1. The first kappa shape index (κ1) is 17.4. The van der Waals surface area contributed by atoms with Crippen molar-refractivity contribution in [3.05, 3.63) is 65.1 Å². The first-order chi connectivity index (χ1) is 12.1. The minimum atomic E-state index is -0.201. The predicted molar refractivity (Wildman–Crippen MR) is 98.7 cm³/mol. The van der Waals surface area contributed by atoms with Crippen molar-refractivity contribution in [3.8, 4) is 0 Å². The Morgan fingerprint density at radius 1 is 1.16 bits per heavy atom. The number of carbonyl (C=O) groups excluding carboxylic acids is 1. The molecule has 0 fully saturated rings. The smallest absolute Gasteiger partial charge is 0.227 e. The van der Waals surface area contributed by atoms with Crippen LogP contribution in [0.3, 0.4) is 0 Å². The van der Waals surface area contributed by atoms with Gasteiger partial charge in [0, 0.05) is 24.2 Å².